The minimum Gasteiger partial charge on any atom is -0.334 e. The fraction of sp³-hybridized carbons (Fsp3) is 0.391. The van der Waals surface area contributed by atoms with Crippen LogP contribution in [0.15, 0.2) is 127 Å². The van der Waals surface area contributed by atoms with Crippen LogP contribution in [0.25, 0.3) is 0 Å². The van der Waals surface area contributed by atoms with Crippen LogP contribution < -0.4 is 31.1 Å². The molecular weight excluding hydrogens is 882 g/mol. The summed E-state index contributed by atoms with van der Waals surface area (Å²) in [4.78, 5) is 8.41. The molecule has 8 aliphatic rings. The third kappa shape index (κ3) is 6.31. The number of rotatable bonds is 4. The number of para-hydroxylation sites is 1. The Morgan fingerprint density at radius 1 is 0.370 bits per heavy atom. The Bertz CT molecular complexity index is 3370. The highest BCUT2D eigenvalue weighted by Crippen LogP contribution is 2.64. The normalized spacial score (nSPS) is 24.3. The third-order valence-corrected chi connectivity index (χ3v) is 19.9. The van der Waals surface area contributed by atoms with Crippen LogP contribution >= 0.6 is 0 Å². The van der Waals surface area contributed by atoms with Gasteiger partial charge in [0.05, 0.1) is 5.54 Å². The highest BCUT2D eigenvalue weighted by atomic mass is 15.3. The van der Waals surface area contributed by atoms with Crippen LogP contribution in [0.4, 0.5) is 45.5 Å². The lowest BCUT2D eigenvalue weighted by Gasteiger charge is -2.53. The van der Waals surface area contributed by atoms with E-state index in [1.165, 1.54) is 119 Å². The van der Waals surface area contributed by atoms with E-state index in [-0.39, 0.29) is 39.3 Å². The minimum atomic E-state index is -0.206. The van der Waals surface area contributed by atoms with E-state index in [0.29, 0.717) is 0 Å². The largest absolute Gasteiger partial charge is 0.334 e. The SMILES string of the molecule is CC1(C)Cc2ccc(N3c4cc5c(cc4B4c6cc7c(cc6N(c6ccc8c(c6)CC(C)(C)C8)c6cc(N8c9ccccc9C9(c%10ccccc%10)CCCCC89C)cc3c64)CC(C)(C)C7)CC(C)(C)C5)cc2C1. The number of nitrogens with zero attached hydrogens (tertiary/aromatic N) is 3. The van der Waals surface area contributed by atoms with Gasteiger partial charge in [0.1, 0.15) is 0 Å². The molecule has 1 saturated carbocycles. The van der Waals surface area contributed by atoms with Gasteiger partial charge >= 0.3 is 0 Å². The average molecular weight is 954 g/mol. The van der Waals surface area contributed by atoms with Gasteiger partial charge in [0, 0.05) is 50.9 Å². The monoisotopic (exact) mass is 954 g/mol. The summed E-state index contributed by atoms with van der Waals surface area (Å²) >= 11 is 0. The summed E-state index contributed by atoms with van der Waals surface area (Å²) in [6, 6.07) is 52.5. The Kier molecular flexibility index (Phi) is 8.92. The van der Waals surface area contributed by atoms with Gasteiger partial charge in [0.2, 0.25) is 0 Å². The van der Waals surface area contributed by atoms with Crippen LogP contribution in [0.5, 0.6) is 0 Å². The first kappa shape index (κ1) is 44.5. The predicted molar refractivity (Wildman–Crippen MR) is 308 cm³/mol. The molecule has 0 aromatic heterocycles. The maximum Gasteiger partial charge on any atom is 0.252 e. The smallest absolute Gasteiger partial charge is 0.252 e. The van der Waals surface area contributed by atoms with Crippen LogP contribution in [0.2, 0.25) is 0 Å². The van der Waals surface area contributed by atoms with Crippen LogP contribution in [0, 0.1) is 21.7 Å². The molecule has 15 rings (SSSR count). The molecule has 7 aromatic carbocycles. The zero-order chi connectivity index (χ0) is 49.8. The minimum absolute atomic E-state index is 0.0841. The molecule has 73 heavy (non-hydrogen) atoms. The molecular formula is C69H72BN3. The van der Waals surface area contributed by atoms with Crippen molar-refractivity contribution >= 4 is 68.6 Å². The van der Waals surface area contributed by atoms with Gasteiger partial charge in [-0.15, -0.1) is 0 Å². The molecule has 1 fully saturated rings. The molecule has 5 aliphatic carbocycles. The van der Waals surface area contributed by atoms with Crippen molar-refractivity contribution in [1.82, 2.24) is 0 Å². The van der Waals surface area contributed by atoms with Gasteiger partial charge in [-0.3, -0.25) is 0 Å². The number of fused-ring (bicyclic) bond motifs is 11. The fourth-order valence-corrected chi connectivity index (χ4v) is 17.3. The molecule has 366 valence electrons. The first-order chi connectivity index (χ1) is 34.9. The zero-order valence-electron chi connectivity index (χ0n) is 45.0. The molecule has 0 amide bonds. The number of benzene rings is 7. The van der Waals surface area contributed by atoms with Gasteiger partial charge in [-0.05, 0) is 219 Å². The Morgan fingerprint density at radius 2 is 0.808 bits per heavy atom. The first-order valence-corrected chi connectivity index (χ1v) is 28.2. The van der Waals surface area contributed by atoms with Crippen molar-refractivity contribution in [3.05, 3.63) is 183 Å². The van der Waals surface area contributed by atoms with Crippen LogP contribution in [0.3, 0.4) is 0 Å². The van der Waals surface area contributed by atoms with E-state index in [1.54, 1.807) is 11.1 Å². The van der Waals surface area contributed by atoms with Crippen molar-refractivity contribution in [3.8, 4) is 0 Å². The van der Waals surface area contributed by atoms with E-state index in [9.17, 15) is 0 Å². The van der Waals surface area contributed by atoms with E-state index in [4.69, 9.17) is 0 Å². The molecule has 7 aromatic rings. The van der Waals surface area contributed by atoms with Gasteiger partial charge < -0.3 is 14.7 Å². The van der Waals surface area contributed by atoms with Gasteiger partial charge in [0.15, 0.2) is 0 Å². The van der Waals surface area contributed by atoms with Crippen LogP contribution in [-0.2, 0) is 56.8 Å². The summed E-state index contributed by atoms with van der Waals surface area (Å²) in [6.07, 6.45) is 13.6. The van der Waals surface area contributed by atoms with E-state index < -0.39 is 0 Å². The molecule has 3 nitrogen and oxygen atoms in total. The second-order valence-corrected chi connectivity index (χ2v) is 27.9. The van der Waals surface area contributed by atoms with Crippen LogP contribution in [-0.4, -0.2) is 12.3 Å². The molecule has 4 heteroatoms. The van der Waals surface area contributed by atoms with Crippen molar-refractivity contribution in [2.45, 2.75) is 150 Å². The Balaban J connectivity index is 1.06. The van der Waals surface area contributed by atoms with Crippen molar-refractivity contribution in [2.75, 3.05) is 14.7 Å². The number of hydrogen-bond donors (Lipinski definition) is 0. The van der Waals surface area contributed by atoms with Crippen LogP contribution in [0.1, 0.15) is 144 Å². The Morgan fingerprint density at radius 3 is 1.33 bits per heavy atom. The Labute approximate surface area is 436 Å². The summed E-state index contributed by atoms with van der Waals surface area (Å²) in [7, 11) is 0. The van der Waals surface area contributed by atoms with Crippen molar-refractivity contribution in [1.29, 1.82) is 0 Å². The summed E-state index contributed by atoms with van der Waals surface area (Å²) < 4.78 is 0. The molecule has 3 heterocycles. The average Bonchev–Trinajstić information content (AvgIpc) is 4.09. The quantitative estimate of drug-likeness (QED) is 0.163. The topological polar surface area (TPSA) is 9.72 Å². The summed E-state index contributed by atoms with van der Waals surface area (Å²) in [6.45, 7) is 22.5. The maximum absolute atomic E-state index is 2.87. The fourth-order valence-electron chi connectivity index (χ4n) is 17.3. The number of anilines is 8. The van der Waals surface area contributed by atoms with Gasteiger partial charge in [-0.2, -0.15) is 0 Å². The molecule has 2 unspecified atom stereocenters. The highest BCUT2D eigenvalue weighted by molar-refractivity contribution is 7.00. The molecule has 3 aliphatic heterocycles. The van der Waals surface area contributed by atoms with E-state index in [0.717, 1.165) is 64.2 Å². The molecule has 0 saturated heterocycles. The van der Waals surface area contributed by atoms with Gasteiger partial charge in [0.25, 0.3) is 6.71 Å². The summed E-state index contributed by atoms with van der Waals surface area (Å²) in [5, 5.41) is 0. The molecule has 0 spiro atoms. The van der Waals surface area contributed by atoms with Crippen molar-refractivity contribution in [3.63, 3.8) is 0 Å². The highest BCUT2D eigenvalue weighted by Gasteiger charge is 2.61. The van der Waals surface area contributed by atoms with Crippen molar-refractivity contribution in [2.24, 2.45) is 21.7 Å². The second kappa shape index (κ2) is 14.6. The first-order valence-electron chi connectivity index (χ1n) is 28.2. The lowest BCUT2D eigenvalue weighted by molar-refractivity contribution is 0.215. The molecule has 2 atom stereocenters. The van der Waals surface area contributed by atoms with Gasteiger partial charge in [-0.25, -0.2) is 0 Å². The van der Waals surface area contributed by atoms with Crippen molar-refractivity contribution < 1.29 is 0 Å². The predicted octanol–water partition coefficient (Wildman–Crippen LogP) is 15.0. The van der Waals surface area contributed by atoms with E-state index in [2.05, 4.69) is 204 Å². The summed E-state index contributed by atoms with van der Waals surface area (Å²) in [5.41, 5.74) is 30.8. The van der Waals surface area contributed by atoms with E-state index in [1.807, 2.05) is 0 Å². The number of hydrogen-bond acceptors (Lipinski definition) is 3. The standard InChI is InChI=1S/C69H72BN3/c1-64(2)35-43-21-23-52(27-45(43)37-64)71-59-31-49-41-66(5,6)39-47(49)29-56(59)70-57-30-48-40-67(7,8)42-50(48)32-60(57)72(53-24-22-44-36-65(3,4)38-46(44)28-53)62-34-54(33-61(71)63(62)70)73-58-20-14-13-19-55(58)69(51-17-11-10-12-18-51)26-16-15-25-68(69,73)9/h10-14,17-24,27-34H,15-16,25-26,35-42H2,1-9H3. The third-order valence-electron chi connectivity index (χ3n) is 19.9. The summed E-state index contributed by atoms with van der Waals surface area (Å²) in [5.74, 6) is 0. The molecule has 0 bridgehead atoms. The Hall–Kier alpha value is -6.00. The second-order valence-electron chi connectivity index (χ2n) is 27.9. The molecule has 0 radical (unpaired) electrons. The lowest BCUT2D eigenvalue weighted by Crippen LogP contribution is -2.62. The van der Waals surface area contributed by atoms with Gasteiger partial charge in [-0.1, -0.05) is 141 Å². The lowest BCUT2D eigenvalue weighted by atomic mass is 9.33. The maximum atomic E-state index is 2.87. The zero-order valence-corrected chi connectivity index (χ0v) is 45.0. The molecule has 0 N–H and O–H groups in total. The van der Waals surface area contributed by atoms with E-state index >= 15 is 0 Å².